The van der Waals surface area contributed by atoms with Crippen molar-refractivity contribution in [2.24, 2.45) is 0 Å². The minimum Gasteiger partial charge on any atom is -0.455 e. The number of furan rings is 1. The lowest BCUT2D eigenvalue weighted by Crippen LogP contribution is -2.11. The molecule has 2 aromatic heterocycles. The standard InChI is InChI=1S/C60H38N2O/c1-3-17-47-40(13-1)27-28-43-37-44(32-35-48(43)47)49-18-5-8-22-54(49)61(57-25-12-26-58-59(57)53-36-31-41-14-2-4-19-50(41)60(53)63-58)45-33-29-39(30-34-45)42-15-11-16-46(38-42)62-55-23-9-6-20-51(55)52-21-7-10-24-56(52)62/h1-38H. The van der Waals surface area contributed by atoms with E-state index in [9.17, 15) is 0 Å². The van der Waals surface area contributed by atoms with Crippen LogP contribution in [0.2, 0.25) is 0 Å². The highest BCUT2D eigenvalue weighted by Gasteiger charge is 2.23. The highest BCUT2D eigenvalue weighted by Crippen LogP contribution is 2.47. The van der Waals surface area contributed by atoms with Crippen molar-refractivity contribution in [2.75, 3.05) is 4.90 Å². The molecule has 0 unspecified atom stereocenters. The molecule has 3 nitrogen and oxygen atoms in total. The van der Waals surface area contributed by atoms with Crippen LogP contribution in [0.15, 0.2) is 235 Å². The van der Waals surface area contributed by atoms with Crippen LogP contribution in [-0.4, -0.2) is 4.57 Å². The molecule has 0 fully saturated rings. The van der Waals surface area contributed by atoms with Gasteiger partial charge in [-0.3, -0.25) is 0 Å². The molecule has 0 amide bonds. The Hall–Kier alpha value is -8.40. The van der Waals surface area contributed by atoms with Crippen LogP contribution >= 0.6 is 0 Å². The van der Waals surface area contributed by atoms with E-state index in [2.05, 4.69) is 240 Å². The molecule has 0 saturated heterocycles. The van der Waals surface area contributed by atoms with Crippen molar-refractivity contribution in [1.82, 2.24) is 4.57 Å². The van der Waals surface area contributed by atoms with E-state index in [0.29, 0.717) is 0 Å². The van der Waals surface area contributed by atoms with E-state index < -0.39 is 0 Å². The molecule has 3 heteroatoms. The minimum atomic E-state index is 0.859. The molecule has 0 aliphatic heterocycles. The second-order valence-corrected chi connectivity index (χ2v) is 16.5. The van der Waals surface area contributed by atoms with Crippen molar-refractivity contribution >= 4 is 93.1 Å². The molecule has 13 aromatic rings. The Morgan fingerprint density at radius 1 is 0.349 bits per heavy atom. The zero-order valence-corrected chi connectivity index (χ0v) is 34.2. The molecular formula is C60H38N2O. The SMILES string of the molecule is c1cc(-c2ccc(N(c3ccccc3-c3ccc4c(ccc5ccccc54)c3)c3cccc4oc5c6ccccc6ccc5c34)cc2)cc(-n2c3ccccc3c3ccccc32)c1. The predicted molar refractivity (Wildman–Crippen MR) is 266 cm³/mol. The van der Waals surface area contributed by atoms with Crippen LogP contribution in [0, 0.1) is 0 Å². The van der Waals surface area contributed by atoms with Gasteiger partial charge in [-0.05, 0) is 110 Å². The molecular weight excluding hydrogens is 765 g/mol. The molecule has 0 saturated carbocycles. The summed E-state index contributed by atoms with van der Waals surface area (Å²) in [6, 6.07) is 83.5. The first-order valence-corrected chi connectivity index (χ1v) is 21.6. The van der Waals surface area contributed by atoms with Gasteiger partial charge in [-0.2, -0.15) is 0 Å². The number of hydrogen-bond acceptors (Lipinski definition) is 2. The maximum Gasteiger partial charge on any atom is 0.143 e. The molecule has 2 heterocycles. The van der Waals surface area contributed by atoms with Gasteiger partial charge in [-0.15, -0.1) is 0 Å². The van der Waals surface area contributed by atoms with Crippen molar-refractivity contribution < 1.29 is 4.42 Å². The van der Waals surface area contributed by atoms with Crippen molar-refractivity contribution in [2.45, 2.75) is 0 Å². The first-order valence-electron chi connectivity index (χ1n) is 21.6. The summed E-state index contributed by atoms with van der Waals surface area (Å²) in [5, 5.41) is 12.0. The van der Waals surface area contributed by atoms with Gasteiger partial charge >= 0.3 is 0 Å². The van der Waals surface area contributed by atoms with E-state index in [4.69, 9.17) is 4.42 Å². The fraction of sp³-hybridized carbons (Fsp3) is 0. The second kappa shape index (κ2) is 14.1. The fourth-order valence-corrected chi connectivity index (χ4v) is 10.1. The highest BCUT2D eigenvalue weighted by molar-refractivity contribution is 6.20. The van der Waals surface area contributed by atoms with Gasteiger partial charge in [0.25, 0.3) is 0 Å². The average Bonchev–Trinajstić information content (AvgIpc) is 3.91. The Kier molecular flexibility index (Phi) is 7.91. The summed E-state index contributed by atoms with van der Waals surface area (Å²) in [6.45, 7) is 0. The quantitative estimate of drug-likeness (QED) is 0.156. The molecule has 0 atom stereocenters. The Morgan fingerprint density at radius 2 is 0.937 bits per heavy atom. The van der Waals surface area contributed by atoms with E-state index in [-0.39, 0.29) is 0 Å². The van der Waals surface area contributed by atoms with Crippen LogP contribution in [0.25, 0.3) is 104 Å². The lowest BCUT2D eigenvalue weighted by atomic mass is 9.95. The summed E-state index contributed by atoms with van der Waals surface area (Å²) in [7, 11) is 0. The van der Waals surface area contributed by atoms with Crippen molar-refractivity contribution in [3.63, 3.8) is 0 Å². The van der Waals surface area contributed by atoms with Crippen LogP contribution in [0.5, 0.6) is 0 Å². The Morgan fingerprint density at radius 3 is 1.75 bits per heavy atom. The number of para-hydroxylation sites is 3. The zero-order chi connectivity index (χ0) is 41.4. The van der Waals surface area contributed by atoms with Crippen molar-refractivity contribution in [1.29, 1.82) is 0 Å². The summed E-state index contributed by atoms with van der Waals surface area (Å²) in [6.07, 6.45) is 0. The first-order chi connectivity index (χ1) is 31.2. The average molecular weight is 803 g/mol. The molecule has 0 radical (unpaired) electrons. The molecule has 0 spiro atoms. The van der Waals surface area contributed by atoms with Gasteiger partial charge in [0.2, 0.25) is 0 Å². The summed E-state index contributed by atoms with van der Waals surface area (Å²) in [4.78, 5) is 2.42. The highest BCUT2D eigenvalue weighted by atomic mass is 16.3. The predicted octanol–water partition coefficient (Wildman–Crippen LogP) is 16.9. The van der Waals surface area contributed by atoms with Gasteiger partial charge < -0.3 is 13.9 Å². The molecule has 294 valence electrons. The van der Waals surface area contributed by atoms with Crippen molar-refractivity contribution in [3.8, 4) is 27.9 Å². The summed E-state index contributed by atoms with van der Waals surface area (Å²) >= 11 is 0. The van der Waals surface area contributed by atoms with E-state index in [1.807, 2.05) is 0 Å². The van der Waals surface area contributed by atoms with Crippen LogP contribution in [-0.2, 0) is 0 Å². The van der Waals surface area contributed by atoms with Crippen LogP contribution in [0.3, 0.4) is 0 Å². The van der Waals surface area contributed by atoms with Crippen molar-refractivity contribution in [3.05, 3.63) is 231 Å². The molecule has 0 N–H and O–H groups in total. The summed E-state index contributed by atoms with van der Waals surface area (Å²) in [5.41, 5.74) is 13.1. The van der Waals surface area contributed by atoms with E-state index in [1.165, 1.54) is 43.4 Å². The van der Waals surface area contributed by atoms with Gasteiger partial charge in [0.05, 0.1) is 27.8 Å². The number of benzene rings is 11. The first kappa shape index (κ1) is 35.4. The van der Waals surface area contributed by atoms with E-state index >= 15 is 0 Å². The number of hydrogen-bond donors (Lipinski definition) is 0. The van der Waals surface area contributed by atoms with Gasteiger partial charge in [-0.25, -0.2) is 0 Å². The summed E-state index contributed by atoms with van der Waals surface area (Å²) in [5.74, 6) is 0. The smallest absolute Gasteiger partial charge is 0.143 e. The number of aromatic nitrogens is 1. The molecule has 13 rings (SSSR count). The maximum atomic E-state index is 6.77. The fourth-order valence-electron chi connectivity index (χ4n) is 10.1. The topological polar surface area (TPSA) is 21.3 Å². The van der Waals surface area contributed by atoms with Gasteiger partial charge in [0.1, 0.15) is 11.2 Å². The number of fused-ring (bicyclic) bond motifs is 11. The lowest BCUT2D eigenvalue weighted by molar-refractivity contribution is 0.672. The molecule has 0 aliphatic rings. The number of rotatable bonds is 6. The third-order valence-corrected chi connectivity index (χ3v) is 13.0. The van der Waals surface area contributed by atoms with E-state index in [0.717, 1.165) is 77.7 Å². The third kappa shape index (κ3) is 5.60. The van der Waals surface area contributed by atoms with E-state index in [1.54, 1.807) is 0 Å². The number of nitrogens with zero attached hydrogens (tertiary/aromatic N) is 2. The van der Waals surface area contributed by atoms with Crippen LogP contribution in [0.4, 0.5) is 17.1 Å². The minimum absolute atomic E-state index is 0.859. The molecule has 0 aliphatic carbocycles. The lowest BCUT2D eigenvalue weighted by Gasteiger charge is -2.29. The molecule has 63 heavy (non-hydrogen) atoms. The largest absolute Gasteiger partial charge is 0.455 e. The van der Waals surface area contributed by atoms with Gasteiger partial charge in [0.15, 0.2) is 0 Å². The zero-order valence-electron chi connectivity index (χ0n) is 34.2. The monoisotopic (exact) mass is 802 g/mol. The van der Waals surface area contributed by atoms with Crippen LogP contribution < -0.4 is 4.90 Å². The second-order valence-electron chi connectivity index (χ2n) is 16.5. The Balaban J connectivity index is 0.989. The Bertz CT molecular complexity index is 3870. The Labute approximate surface area is 363 Å². The third-order valence-electron chi connectivity index (χ3n) is 13.0. The van der Waals surface area contributed by atoms with Gasteiger partial charge in [0, 0.05) is 38.5 Å². The normalized spacial score (nSPS) is 11.8. The molecule has 0 bridgehead atoms. The maximum absolute atomic E-state index is 6.77. The van der Waals surface area contributed by atoms with Crippen LogP contribution in [0.1, 0.15) is 0 Å². The number of anilines is 3. The molecule has 11 aromatic carbocycles. The summed E-state index contributed by atoms with van der Waals surface area (Å²) < 4.78 is 9.15. The van der Waals surface area contributed by atoms with Gasteiger partial charge in [-0.1, -0.05) is 164 Å².